The van der Waals surface area contributed by atoms with Crippen LogP contribution >= 0.6 is 11.8 Å². The molecule has 0 spiro atoms. The van der Waals surface area contributed by atoms with E-state index in [4.69, 9.17) is 4.74 Å². The number of benzene rings is 1. The van der Waals surface area contributed by atoms with Crippen LogP contribution in [0.25, 0.3) is 0 Å². The molecule has 104 valence electrons. The van der Waals surface area contributed by atoms with E-state index in [2.05, 4.69) is 6.92 Å². The topological polar surface area (TPSA) is 29.5 Å². The number of aryl methyl sites for hydroxylation is 1. The molecule has 1 amide bonds. The minimum absolute atomic E-state index is 0.156. The lowest BCUT2D eigenvalue weighted by Crippen LogP contribution is -2.56. The van der Waals surface area contributed by atoms with Gasteiger partial charge in [0, 0.05) is 12.2 Å². The van der Waals surface area contributed by atoms with Crippen molar-refractivity contribution in [3.05, 3.63) is 29.8 Å². The summed E-state index contributed by atoms with van der Waals surface area (Å²) in [5.41, 5.74) is 1.15. The Hall–Kier alpha value is -1.16. The summed E-state index contributed by atoms with van der Waals surface area (Å²) in [6.07, 6.45) is 0.805. The van der Waals surface area contributed by atoms with Gasteiger partial charge in [0.25, 0.3) is 0 Å². The molecule has 0 aliphatic carbocycles. The van der Waals surface area contributed by atoms with Gasteiger partial charge in [0.2, 0.25) is 5.91 Å². The number of thioether (sulfide) groups is 1. The van der Waals surface area contributed by atoms with E-state index >= 15 is 0 Å². The number of para-hydroxylation sites is 1. The summed E-state index contributed by atoms with van der Waals surface area (Å²) >= 11 is 1.82. The molecular weight excluding hydrogens is 258 g/mol. The lowest BCUT2D eigenvalue weighted by molar-refractivity contribution is -0.139. The quantitative estimate of drug-likeness (QED) is 0.750. The van der Waals surface area contributed by atoms with Crippen molar-refractivity contribution in [1.29, 1.82) is 0 Å². The summed E-state index contributed by atoms with van der Waals surface area (Å²) in [6, 6.07) is 8.01. The van der Waals surface area contributed by atoms with E-state index in [0.29, 0.717) is 6.42 Å². The van der Waals surface area contributed by atoms with Crippen molar-refractivity contribution >= 4 is 17.7 Å². The molecule has 1 saturated heterocycles. The van der Waals surface area contributed by atoms with Gasteiger partial charge in [-0.15, -0.1) is 0 Å². The molecule has 1 aromatic carbocycles. The second kappa shape index (κ2) is 6.85. The second-order valence-electron chi connectivity index (χ2n) is 4.75. The van der Waals surface area contributed by atoms with Crippen LogP contribution in [0, 0.1) is 6.92 Å². The molecule has 0 atom stereocenters. The molecule has 0 unspecified atom stereocenters. The van der Waals surface area contributed by atoms with Crippen molar-refractivity contribution in [2.75, 3.05) is 24.6 Å². The van der Waals surface area contributed by atoms with Gasteiger partial charge in [0.15, 0.2) is 0 Å². The number of hydrogen-bond acceptors (Lipinski definition) is 3. The Balaban J connectivity index is 1.71. The molecule has 19 heavy (non-hydrogen) atoms. The highest BCUT2D eigenvalue weighted by atomic mass is 32.2. The van der Waals surface area contributed by atoms with Crippen LogP contribution < -0.4 is 4.74 Å². The first-order valence-corrected chi connectivity index (χ1v) is 7.94. The normalized spacial score (nSPS) is 15.2. The molecule has 1 fully saturated rings. The average molecular weight is 279 g/mol. The predicted molar refractivity (Wildman–Crippen MR) is 79.8 cm³/mol. The Labute approximate surface area is 119 Å². The molecule has 0 saturated carbocycles. The van der Waals surface area contributed by atoms with E-state index in [1.54, 1.807) is 0 Å². The van der Waals surface area contributed by atoms with E-state index in [0.717, 1.165) is 35.9 Å². The third-order valence-electron chi connectivity index (χ3n) is 3.25. The summed E-state index contributed by atoms with van der Waals surface area (Å²) in [5, 5.41) is 0. The molecule has 0 bridgehead atoms. The molecular formula is C15H21NO2S. The zero-order chi connectivity index (χ0) is 13.7. The smallest absolute Gasteiger partial charge is 0.223 e. The van der Waals surface area contributed by atoms with Crippen LogP contribution in [0.5, 0.6) is 5.75 Å². The summed E-state index contributed by atoms with van der Waals surface area (Å²) in [5.74, 6) is 3.19. The first kappa shape index (κ1) is 14.3. The number of carbonyl (C=O) groups is 1. The minimum Gasteiger partial charge on any atom is -0.486 e. The lowest BCUT2D eigenvalue weighted by Gasteiger charge is -2.39. The SMILES string of the molecule is CCSCCC(=O)N1CC(Oc2ccccc2C)C1. The highest BCUT2D eigenvalue weighted by Crippen LogP contribution is 2.22. The van der Waals surface area contributed by atoms with Gasteiger partial charge in [0.05, 0.1) is 13.1 Å². The van der Waals surface area contributed by atoms with Crippen molar-refractivity contribution < 1.29 is 9.53 Å². The van der Waals surface area contributed by atoms with E-state index in [1.807, 2.05) is 47.9 Å². The molecule has 0 aromatic heterocycles. The first-order chi connectivity index (χ1) is 9.20. The summed E-state index contributed by atoms with van der Waals surface area (Å²) in [7, 11) is 0. The van der Waals surface area contributed by atoms with E-state index < -0.39 is 0 Å². The number of hydrogen-bond donors (Lipinski definition) is 0. The summed E-state index contributed by atoms with van der Waals surface area (Å²) in [6.45, 7) is 5.61. The first-order valence-electron chi connectivity index (χ1n) is 6.78. The molecule has 3 nitrogen and oxygen atoms in total. The maximum atomic E-state index is 11.8. The number of nitrogens with zero attached hydrogens (tertiary/aromatic N) is 1. The number of amides is 1. The maximum Gasteiger partial charge on any atom is 0.223 e. The van der Waals surface area contributed by atoms with Gasteiger partial charge in [-0.1, -0.05) is 25.1 Å². The molecule has 4 heteroatoms. The minimum atomic E-state index is 0.156. The summed E-state index contributed by atoms with van der Waals surface area (Å²) in [4.78, 5) is 13.7. The summed E-state index contributed by atoms with van der Waals surface area (Å²) < 4.78 is 5.89. The number of likely N-dealkylation sites (tertiary alicyclic amines) is 1. The molecule has 1 aromatic rings. The Morgan fingerprint density at radius 1 is 1.42 bits per heavy atom. The molecule has 1 aliphatic rings. The number of ether oxygens (including phenoxy) is 1. The fourth-order valence-electron chi connectivity index (χ4n) is 2.05. The van der Waals surface area contributed by atoms with Crippen LogP contribution in [0.2, 0.25) is 0 Å². The van der Waals surface area contributed by atoms with Gasteiger partial charge in [-0.05, 0) is 24.3 Å². The number of carbonyl (C=O) groups excluding carboxylic acids is 1. The van der Waals surface area contributed by atoms with Crippen molar-refractivity contribution in [3.8, 4) is 5.75 Å². The standard InChI is InChI=1S/C15H21NO2S/c1-3-19-9-8-15(17)16-10-13(11-16)18-14-7-5-4-6-12(14)2/h4-7,13H,3,8-11H2,1-2H3. The van der Waals surface area contributed by atoms with Crippen molar-refractivity contribution in [1.82, 2.24) is 4.90 Å². The monoisotopic (exact) mass is 279 g/mol. The molecule has 1 heterocycles. The maximum absolute atomic E-state index is 11.8. The van der Waals surface area contributed by atoms with Crippen molar-refractivity contribution in [2.45, 2.75) is 26.4 Å². The van der Waals surface area contributed by atoms with Gasteiger partial charge >= 0.3 is 0 Å². The molecule has 0 radical (unpaired) electrons. The van der Waals surface area contributed by atoms with E-state index in [1.165, 1.54) is 0 Å². The molecule has 1 aliphatic heterocycles. The zero-order valence-corrected chi connectivity index (χ0v) is 12.4. The van der Waals surface area contributed by atoms with Crippen molar-refractivity contribution in [2.24, 2.45) is 0 Å². The number of rotatable bonds is 6. The van der Waals surface area contributed by atoms with Crippen LogP contribution in [0.1, 0.15) is 18.9 Å². The Kier molecular flexibility index (Phi) is 5.14. The lowest BCUT2D eigenvalue weighted by atomic mass is 10.1. The zero-order valence-electron chi connectivity index (χ0n) is 11.6. The van der Waals surface area contributed by atoms with Gasteiger partial charge in [-0.3, -0.25) is 4.79 Å². The fourth-order valence-corrected chi connectivity index (χ4v) is 2.65. The van der Waals surface area contributed by atoms with Gasteiger partial charge in [0.1, 0.15) is 11.9 Å². The molecule has 2 rings (SSSR count). The van der Waals surface area contributed by atoms with Gasteiger partial charge in [-0.25, -0.2) is 0 Å². The average Bonchev–Trinajstić information content (AvgIpc) is 2.35. The Morgan fingerprint density at radius 3 is 2.84 bits per heavy atom. The van der Waals surface area contributed by atoms with Crippen LogP contribution in [0.4, 0.5) is 0 Å². The Morgan fingerprint density at radius 2 is 2.16 bits per heavy atom. The molecule has 0 N–H and O–H groups in total. The van der Waals surface area contributed by atoms with Crippen LogP contribution in [0.15, 0.2) is 24.3 Å². The predicted octanol–water partition coefficient (Wildman–Crippen LogP) is 2.73. The Bertz CT molecular complexity index is 430. The van der Waals surface area contributed by atoms with Crippen LogP contribution in [-0.4, -0.2) is 41.5 Å². The van der Waals surface area contributed by atoms with Crippen molar-refractivity contribution in [3.63, 3.8) is 0 Å². The largest absolute Gasteiger partial charge is 0.486 e. The van der Waals surface area contributed by atoms with E-state index in [-0.39, 0.29) is 12.0 Å². The fraction of sp³-hybridized carbons (Fsp3) is 0.533. The van der Waals surface area contributed by atoms with Gasteiger partial charge in [-0.2, -0.15) is 11.8 Å². The third-order valence-corrected chi connectivity index (χ3v) is 4.15. The second-order valence-corrected chi connectivity index (χ2v) is 6.14. The highest BCUT2D eigenvalue weighted by molar-refractivity contribution is 7.99. The van der Waals surface area contributed by atoms with Crippen LogP contribution in [-0.2, 0) is 4.79 Å². The highest BCUT2D eigenvalue weighted by Gasteiger charge is 2.31. The van der Waals surface area contributed by atoms with Gasteiger partial charge < -0.3 is 9.64 Å². The van der Waals surface area contributed by atoms with E-state index in [9.17, 15) is 4.79 Å². The third kappa shape index (κ3) is 3.90. The van der Waals surface area contributed by atoms with Crippen LogP contribution in [0.3, 0.4) is 0 Å².